The molecule has 17 heavy (non-hydrogen) atoms. The molecule has 1 saturated carbocycles. The van der Waals surface area contributed by atoms with Gasteiger partial charge in [-0.05, 0) is 30.2 Å². The zero-order chi connectivity index (χ0) is 11.5. The Morgan fingerprint density at radius 1 is 1.24 bits per heavy atom. The maximum Gasteiger partial charge on any atom is 0.407 e. The molecule has 1 aromatic carbocycles. The Hall–Kier alpha value is -1.27. The second kappa shape index (κ2) is 5.88. The number of para-hydroxylation sites is 1. The molecule has 4 heteroatoms. The van der Waals surface area contributed by atoms with Gasteiger partial charge >= 0.3 is 5.69 Å². The Morgan fingerprint density at radius 3 is 2.47 bits per heavy atom. The lowest BCUT2D eigenvalue weighted by molar-refractivity contribution is -0.00000364. The van der Waals surface area contributed by atoms with E-state index in [9.17, 15) is 0 Å². The van der Waals surface area contributed by atoms with Gasteiger partial charge in [0, 0.05) is 6.07 Å². The largest absolute Gasteiger partial charge is 1.00 e. The fourth-order valence-electron chi connectivity index (χ4n) is 2.58. The van der Waals surface area contributed by atoms with Gasteiger partial charge in [-0.25, -0.2) is 0 Å². The quantitative estimate of drug-likeness (QED) is 0.599. The maximum absolute atomic E-state index is 8.83. The molecule has 1 aliphatic rings. The van der Waals surface area contributed by atoms with Crippen molar-refractivity contribution < 1.29 is 12.4 Å². The molecule has 0 spiro atoms. The number of hydrogen-bond donors (Lipinski definition) is 1. The van der Waals surface area contributed by atoms with Gasteiger partial charge in [-0.3, -0.25) is 0 Å². The summed E-state index contributed by atoms with van der Waals surface area (Å²) < 4.78 is 0. The summed E-state index contributed by atoms with van der Waals surface area (Å²) in [6.45, 7) is 2.30. The van der Waals surface area contributed by atoms with E-state index in [1.807, 2.05) is 6.07 Å². The lowest BCUT2D eigenvalue weighted by Gasteiger charge is -2.26. The first-order valence-corrected chi connectivity index (χ1v) is 5.96. The van der Waals surface area contributed by atoms with Gasteiger partial charge in [0.1, 0.15) is 5.69 Å². The Balaban J connectivity index is 0.00000144. The van der Waals surface area contributed by atoms with E-state index in [-0.39, 0.29) is 12.4 Å². The van der Waals surface area contributed by atoms with Crippen LogP contribution in [0.25, 0.3) is 4.98 Å². The van der Waals surface area contributed by atoms with Gasteiger partial charge in [0.05, 0.1) is 0 Å². The van der Waals surface area contributed by atoms with Crippen LogP contribution in [-0.2, 0) is 0 Å². The van der Waals surface area contributed by atoms with Gasteiger partial charge in [-0.2, -0.15) is 0 Å². The Morgan fingerprint density at radius 2 is 1.88 bits per heavy atom. The normalized spacial score (nSPS) is 23.5. The molecular weight excluding hydrogens is 234 g/mol. The topological polar surface area (TPSA) is 54.2 Å². The minimum atomic E-state index is 0. The number of benzene rings is 1. The minimum absolute atomic E-state index is 0. The minimum Gasteiger partial charge on any atom is -1.00 e. The van der Waals surface area contributed by atoms with Crippen LogP contribution in [0.5, 0.6) is 0 Å². The highest BCUT2D eigenvalue weighted by Crippen LogP contribution is 2.40. The Kier molecular flexibility index (Phi) is 4.77. The van der Waals surface area contributed by atoms with Crippen LogP contribution in [0.1, 0.15) is 44.1 Å². The molecule has 0 saturated heterocycles. The number of nitrogens with two attached hydrogens (primary N) is 1. The summed E-state index contributed by atoms with van der Waals surface area (Å²) in [5.41, 5.74) is 8.30. The van der Waals surface area contributed by atoms with Crippen LogP contribution in [0.3, 0.4) is 0 Å². The smallest absolute Gasteiger partial charge is 0.407 e. The van der Waals surface area contributed by atoms with Gasteiger partial charge in [0.15, 0.2) is 4.98 Å². The molecule has 0 amide bonds. The first kappa shape index (κ1) is 13.8. The molecule has 1 aromatic rings. The van der Waals surface area contributed by atoms with Crippen molar-refractivity contribution in [3.05, 3.63) is 28.7 Å². The first-order chi connectivity index (χ1) is 7.72. The molecule has 0 aliphatic heterocycles. The van der Waals surface area contributed by atoms with E-state index >= 15 is 0 Å². The van der Waals surface area contributed by atoms with Crippen molar-refractivity contribution in [2.24, 2.45) is 5.92 Å². The van der Waals surface area contributed by atoms with E-state index in [0.717, 1.165) is 11.5 Å². The fraction of sp³-hybridized carbons (Fsp3) is 0.538. The monoisotopic (exact) mass is 251 g/mol. The van der Waals surface area contributed by atoms with Crippen LogP contribution in [0.4, 0.5) is 11.4 Å². The summed E-state index contributed by atoms with van der Waals surface area (Å²) in [5, 5.41) is 8.83. The van der Waals surface area contributed by atoms with Crippen molar-refractivity contribution in [3.8, 4) is 0 Å². The number of nitrogens with zero attached hydrogens (tertiary/aromatic N) is 2. The van der Waals surface area contributed by atoms with Gasteiger partial charge in [-0.15, -0.1) is 0 Å². The lowest BCUT2D eigenvalue weighted by atomic mass is 9.79. The molecule has 3 nitrogen and oxygen atoms in total. The van der Waals surface area contributed by atoms with Gasteiger partial charge in [0.2, 0.25) is 5.39 Å². The van der Waals surface area contributed by atoms with Crippen molar-refractivity contribution in [2.45, 2.75) is 38.5 Å². The molecule has 0 heterocycles. The van der Waals surface area contributed by atoms with Crippen LogP contribution >= 0.6 is 0 Å². The summed E-state index contributed by atoms with van der Waals surface area (Å²) in [6, 6.07) is 5.72. The predicted molar refractivity (Wildman–Crippen MR) is 66.0 cm³/mol. The number of nitrogen functional groups attached to an aromatic ring is 1. The number of anilines is 1. The van der Waals surface area contributed by atoms with Crippen molar-refractivity contribution in [3.63, 3.8) is 0 Å². The third kappa shape index (κ3) is 2.89. The first-order valence-electron chi connectivity index (χ1n) is 5.96. The van der Waals surface area contributed by atoms with E-state index in [1.165, 1.54) is 25.7 Å². The third-order valence-electron chi connectivity index (χ3n) is 3.68. The number of rotatable bonds is 1. The van der Waals surface area contributed by atoms with E-state index in [1.54, 1.807) is 6.07 Å². The van der Waals surface area contributed by atoms with Crippen LogP contribution in [0.15, 0.2) is 18.2 Å². The molecule has 1 fully saturated rings. The van der Waals surface area contributed by atoms with Gasteiger partial charge < -0.3 is 18.1 Å². The van der Waals surface area contributed by atoms with Crippen molar-refractivity contribution in [2.75, 3.05) is 5.73 Å². The van der Waals surface area contributed by atoms with Crippen LogP contribution in [0.2, 0.25) is 0 Å². The average molecular weight is 252 g/mol. The van der Waals surface area contributed by atoms with Crippen molar-refractivity contribution in [1.82, 2.24) is 0 Å². The second-order valence-corrected chi connectivity index (χ2v) is 4.84. The van der Waals surface area contributed by atoms with Gasteiger partial charge in [-0.1, -0.05) is 31.9 Å². The zero-order valence-corrected chi connectivity index (χ0v) is 10.8. The molecule has 0 unspecified atom stereocenters. The van der Waals surface area contributed by atoms with E-state index in [2.05, 4.69) is 18.0 Å². The predicted octanol–water partition coefficient (Wildman–Crippen LogP) is 1.05. The molecule has 0 aromatic heterocycles. The Labute approximate surface area is 108 Å². The average Bonchev–Trinajstić information content (AvgIpc) is 2.31. The third-order valence-corrected chi connectivity index (χ3v) is 3.68. The molecule has 0 radical (unpaired) electrons. The second-order valence-electron chi connectivity index (χ2n) is 4.84. The molecule has 2 rings (SSSR count). The van der Waals surface area contributed by atoms with Crippen LogP contribution in [0, 0.1) is 11.3 Å². The highest BCUT2D eigenvalue weighted by atomic mass is 35.5. The molecule has 92 valence electrons. The lowest BCUT2D eigenvalue weighted by Crippen LogP contribution is -3.00. The number of halogens is 1. The molecule has 2 N–H and O–H groups in total. The van der Waals surface area contributed by atoms with Crippen LogP contribution < -0.4 is 18.1 Å². The highest BCUT2D eigenvalue weighted by Gasteiger charge is 2.24. The summed E-state index contributed by atoms with van der Waals surface area (Å²) >= 11 is 0. The van der Waals surface area contributed by atoms with Crippen LogP contribution in [-0.4, -0.2) is 0 Å². The highest BCUT2D eigenvalue weighted by molar-refractivity contribution is 5.71. The van der Waals surface area contributed by atoms with Crippen molar-refractivity contribution in [1.29, 1.82) is 5.39 Å². The fourth-order valence-corrected chi connectivity index (χ4v) is 2.58. The summed E-state index contributed by atoms with van der Waals surface area (Å²) in [4.78, 5) is 3.22. The van der Waals surface area contributed by atoms with E-state index < -0.39 is 0 Å². The number of hydrogen-bond acceptors (Lipinski definition) is 2. The molecular formula is C13H18ClN3. The SMILES string of the molecule is CC1CCC(c2cccc([N+]#N)c2N)CC1.[Cl-]. The van der Waals surface area contributed by atoms with E-state index in [4.69, 9.17) is 11.1 Å². The van der Waals surface area contributed by atoms with Crippen molar-refractivity contribution >= 4 is 11.4 Å². The summed E-state index contributed by atoms with van der Waals surface area (Å²) in [6.07, 6.45) is 4.93. The molecule has 1 aliphatic carbocycles. The Bertz CT molecular complexity index is 417. The van der Waals surface area contributed by atoms with E-state index in [0.29, 0.717) is 17.3 Å². The molecule has 0 atom stereocenters. The standard InChI is InChI=1S/C13H18N3.ClH/c1-9-5-7-10(8-6-9)11-3-2-4-12(16-15)13(11)14;/h2-4,9-10H,5-8,14H2,1H3;1H/q+1;/p-1. The summed E-state index contributed by atoms with van der Waals surface area (Å²) in [7, 11) is 0. The zero-order valence-electron chi connectivity index (χ0n) is 10.1. The molecule has 0 bridgehead atoms. The number of diazo groups is 1. The maximum atomic E-state index is 8.83. The summed E-state index contributed by atoms with van der Waals surface area (Å²) in [5.74, 6) is 1.38. The van der Waals surface area contributed by atoms with Gasteiger partial charge in [0.25, 0.3) is 0 Å².